The van der Waals surface area contributed by atoms with Gasteiger partial charge in [0.2, 0.25) is 0 Å². The van der Waals surface area contributed by atoms with Crippen molar-refractivity contribution in [1.82, 2.24) is 0 Å². The summed E-state index contributed by atoms with van der Waals surface area (Å²) in [6.45, 7) is -2.25. The van der Waals surface area contributed by atoms with Gasteiger partial charge in [0.1, 0.15) is 5.54 Å². The number of halogens is 3. The minimum atomic E-state index is -4.70. The fourth-order valence-electron chi connectivity index (χ4n) is 1.56. The molecule has 0 fully saturated rings. The molecule has 1 aromatic rings. The lowest BCUT2D eigenvalue weighted by molar-refractivity contribution is -0.137. The number of anilines is 1. The highest BCUT2D eigenvalue weighted by atomic mass is 19.4. The monoisotopic (exact) mass is 309 g/mol. The largest absolute Gasteiger partial charge is 0.478 e. The Morgan fingerprint density at radius 2 is 1.62 bits per heavy atom. The third kappa shape index (κ3) is 3.84. The average molecular weight is 309 g/mol. The summed E-state index contributed by atoms with van der Waals surface area (Å²) in [6, 6.07) is 1.95. The van der Waals surface area contributed by atoms with Gasteiger partial charge in [-0.1, -0.05) is 0 Å². The number of benzene rings is 1. The van der Waals surface area contributed by atoms with Gasteiger partial charge in [0.25, 0.3) is 0 Å². The van der Waals surface area contributed by atoms with E-state index in [1.54, 1.807) is 0 Å². The van der Waals surface area contributed by atoms with E-state index in [-0.39, 0.29) is 5.69 Å². The molecule has 1 rings (SSSR count). The number of hydrogen-bond acceptors (Lipinski definition) is 5. The van der Waals surface area contributed by atoms with Crippen molar-refractivity contribution in [3.63, 3.8) is 0 Å². The van der Waals surface area contributed by atoms with Gasteiger partial charge in [0, 0.05) is 5.69 Å². The van der Waals surface area contributed by atoms with Crippen LogP contribution < -0.4 is 5.32 Å². The highest BCUT2D eigenvalue weighted by Crippen LogP contribution is 2.32. The van der Waals surface area contributed by atoms with Gasteiger partial charge < -0.3 is 25.7 Å². The summed E-state index contributed by atoms with van der Waals surface area (Å²) in [5.41, 5.74) is -3.74. The number of carbonyl (C=O) groups is 1. The molecule has 0 aliphatic carbocycles. The lowest BCUT2D eigenvalue weighted by atomic mass is 10.0. The van der Waals surface area contributed by atoms with E-state index in [0.29, 0.717) is 12.1 Å². The summed E-state index contributed by atoms with van der Waals surface area (Å²) in [5, 5.41) is 38.8. The second-order valence-electron chi connectivity index (χ2n) is 4.44. The van der Waals surface area contributed by atoms with Crippen LogP contribution in [-0.4, -0.2) is 51.8 Å². The molecule has 0 saturated heterocycles. The Bertz CT molecular complexity index is 506. The SMILES string of the molecule is O=C(O)c1cc(C(F)(F)F)ccc1NC(CO)(CO)CO. The first kappa shape index (κ1) is 17.2. The number of alkyl halides is 3. The molecular weight excluding hydrogens is 295 g/mol. The maximum atomic E-state index is 12.6. The third-order valence-electron chi connectivity index (χ3n) is 2.89. The molecule has 0 aliphatic heterocycles. The minimum absolute atomic E-state index is 0.257. The smallest absolute Gasteiger partial charge is 0.416 e. The Balaban J connectivity index is 3.28. The molecule has 0 aromatic heterocycles. The van der Waals surface area contributed by atoms with E-state index in [0.717, 1.165) is 6.07 Å². The standard InChI is InChI=1S/C12H14F3NO5/c13-12(14,15)7-1-2-9(8(3-7)10(20)21)16-11(4-17,5-18)6-19/h1-3,16-19H,4-6H2,(H,20,21). The zero-order valence-electron chi connectivity index (χ0n) is 10.7. The molecule has 6 nitrogen and oxygen atoms in total. The predicted molar refractivity (Wildman–Crippen MR) is 66.0 cm³/mol. The molecule has 0 saturated carbocycles. The van der Waals surface area contributed by atoms with Crippen molar-refractivity contribution in [2.45, 2.75) is 11.7 Å². The van der Waals surface area contributed by atoms with E-state index >= 15 is 0 Å². The summed E-state index contributed by atoms with van der Waals surface area (Å²) in [6.07, 6.45) is -4.70. The van der Waals surface area contributed by atoms with Crippen LogP contribution in [0.1, 0.15) is 15.9 Å². The number of aromatic carboxylic acids is 1. The molecule has 0 bridgehead atoms. The zero-order chi connectivity index (χ0) is 16.3. The molecular formula is C12H14F3NO5. The number of aliphatic hydroxyl groups is 3. The van der Waals surface area contributed by atoms with Crippen LogP contribution in [0.15, 0.2) is 18.2 Å². The van der Waals surface area contributed by atoms with Gasteiger partial charge >= 0.3 is 12.1 Å². The predicted octanol–water partition coefficient (Wildman–Crippen LogP) is 0.531. The molecule has 0 atom stereocenters. The number of carboxylic acids is 1. The first-order valence-electron chi connectivity index (χ1n) is 5.74. The zero-order valence-corrected chi connectivity index (χ0v) is 10.7. The van der Waals surface area contributed by atoms with Crippen molar-refractivity contribution in [2.24, 2.45) is 0 Å². The molecule has 5 N–H and O–H groups in total. The van der Waals surface area contributed by atoms with Gasteiger partial charge in [0.05, 0.1) is 30.9 Å². The highest BCUT2D eigenvalue weighted by Gasteiger charge is 2.33. The maximum absolute atomic E-state index is 12.6. The Morgan fingerprint density at radius 1 is 1.10 bits per heavy atom. The number of aliphatic hydroxyl groups excluding tert-OH is 3. The molecule has 0 spiro atoms. The fourth-order valence-corrected chi connectivity index (χ4v) is 1.56. The lowest BCUT2D eigenvalue weighted by Crippen LogP contribution is -2.49. The van der Waals surface area contributed by atoms with Gasteiger partial charge in [-0.25, -0.2) is 4.79 Å². The van der Waals surface area contributed by atoms with Gasteiger partial charge in [-0.05, 0) is 18.2 Å². The van der Waals surface area contributed by atoms with E-state index in [9.17, 15) is 18.0 Å². The molecule has 0 unspecified atom stereocenters. The molecule has 0 aliphatic rings. The van der Waals surface area contributed by atoms with Crippen LogP contribution in [0.25, 0.3) is 0 Å². The summed E-state index contributed by atoms with van der Waals surface area (Å²) in [4.78, 5) is 11.1. The Labute approximate surface area is 117 Å². The Hall–Kier alpha value is -1.84. The van der Waals surface area contributed by atoms with E-state index in [1.807, 2.05) is 0 Å². The van der Waals surface area contributed by atoms with Gasteiger partial charge in [-0.2, -0.15) is 13.2 Å². The molecule has 118 valence electrons. The quantitative estimate of drug-likeness (QED) is 0.524. The van der Waals surface area contributed by atoms with E-state index < -0.39 is 48.6 Å². The van der Waals surface area contributed by atoms with Gasteiger partial charge in [-0.15, -0.1) is 0 Å². The number of rotatable bonds is 6. The second-order valence-corrected chi connectivity index (χ2v) is 4.44. The molecule has 9 heteroatoms. The van der Waals surface area contributed by atoms with Crippen LogP contribution in [0.5, 0.6) is 0 Å². The summed E-state index contributed by atoms with van der Waals surface area (Å²) in [7, 11) is 0. The van der Waals surface area contributed by atoms with E-state index in [1.165, 1.54) is 0 Å². The van der Waals surface area contributed by atoms with Crippen molar-refractivity contribution < 1.29 is 38.4 Å². The number of nitrogens with one attached hydrogen (secondary N) is 1. The minimum Gasteiger partial charge on any atom is -0.478 e. The van der Waals surface area contributed by atoms with Crippen molar-refractivity contribution >= 4 is 11.7 Å². The number of hydrogen-bond donors (Lipinski definition) is 5. The molecule has 21 heavy (non-hydrogen) atoms. The van der Waals surface area contributed by atoms with Gasteiger partial charge in [-0.3, -0.25) is 0 Å². The van der Waals surface area contributed by atoms with Gasteiger partial charge in [0.15, 0.2) is 0 Å². The van der Waals surface area contributed by atoms with Crippen LogP contribution in [0.3, 0.4) is 0 Å². The Kier molecular flexibility index (Phi) is 5.15. The van der Waals surface area contributed by atoms with Crippen molar-refractivity contribution in [3.05, 3.63) is 29.3 Å². The topological polar surface area (TPSA) is 110 Å². The van der Waals surface area contributed by atoms with Crippen LogP contribution in [0.2, 0.25) is 0 Å². The van der Waals surface area contributed by atoms with E-state index in [4.69, 9.17) is 20.4 Å². The van der Waals surface area contributed by atoms with Crippen LogP contribution in [0, 0.1) is 0 Å². The maximum Gasteiger partial charge on any atom is 0.416 e. The molecule has 1 aromatic carbocycles. The first-order chi connectivity index (χ1) is 9.69. The van der Waals surface area contributed by atoms with Crippen molar-refractivity contribution in [1.29, 1.82) is 0 Å². The van der Waals surface area contributed by atoms with Crippen LogP contribution in [-0.2, 0) is 6.18 Å². The molecule has 0 heterocycles. The van der Waals surface area contributed by atoms with Crippen LogP contribution in [0.4, 0.5) is 18.9 Å². The van der Waals surface area contributed by atoms with E-state index in [2.05, 4.69) is 5.32 Å². The first-order valence-corrected chi connectivity index (χ1v) is 5.74. The molecule has 0 amide bonds. The highest BCUT2D eigenvalue weighted by molar-refractivity contribution is 5.94. The third-order valence-corrected chi connectivity index (χ3v) is 2.89. The fraction of sp³-hybridized carbons (Fsp3) is 0.417. The normalized spacial score (nSPS) is 12.3. The summed E-state index contributed by atoms with van der Waals surface area (Å²) >= 11 is 0. The number of carboxylic acid groups (broad SMARTS) is 1. The average Bonchev–Trinajstić information content (AvgIpc) is 2.43. The second kappa shape index (κ2) is 6.29. The molecule has 0 radical (unpaired) electrons. The Morgan fingerprint density at radius 3 is 2.00 bits per heavy atom. The lowest BCUT2D eigenvalue weighted by Gasteiger charge is -2.30. The van der Waals surface area contributed by atoms with Crippen LogP contribution >= 0.6 is 0 Å². The summed E-state index contributed by atoms with van der Waals surface area (Å²) in [5.74, 6) is -1.62. The summed E-state index contributed by atoms with van der Waals surface area (Å²) < 4.78 is 37.7. The van der Waals surface area contributed by atoms with Crippen molar-refractivity contribution in [3.8, 4) is 0 Å². The van der Waals surface area contributed by atoms with Crippen molar-refractivity contribution in [2.75, 3.05) is 25.1 Å².